The van der Waals surface area contributed by atoms with Gasteiger partial charge in [-0.3, -0.25) is 4.79 Å². The van der Waals surface area contributed by atoms with Gasteiger partial charge in [-0.25, -0.2) is 0 Å². The number of rotatable bonds is 5. The standard InChI is InChI=1S/C23H31N5O/c29-23(13-10-20-8-4-3-5-9-20)28-18-16-27(17-19-28)22-12-11-21(24-25-22)26-14-6-1-2-7-15-26/h3-5,8-9,11-12H,1-2,6-7,10,13-19H2. The molecule has 1 amide bonds. The number of amides is 1. The van der Waals surface area contributed by atoms with E-state index in [1.807, 2.05) is 23.1 Å². The first-order valence-corrected chi connectivity index (χ1v) is 10.9. The highest BCUT2D eigenvalue weighted by atomic mass is 16.2. The average molecular weight is 394 g/mol. The van der Waals surface area contributed by atoms with Gasteiger partial charge in [-0.1, -0.05) is 43.2 Å². The van der Waals surface area contributed by atoms with Crippen LogP contribution in [0.15, 0.2) is 42.5 Å². The lowest BCUT2D eigenvalue weighted by Crippen LogP contribution is -2.49. The number of aromatic nitrogens is 2. The summed E-state index contributed by atoms with van der Waals surface area (Å²) < 4.78 is 0. The minimum absolute atomic E-state index is 0.246. The van der Waals surface area contributed by atoms with E-state index in [0.717, 1.165) is 57.3 Å². The Hall–Kier alpha value is -2.63. The van der Waals surface area contributed by atoms with E-state index in [9.17, 15) is 4.79 Å². The summed E-state index contributed by atoms with van der Waals surface area (Å²) in [6.07, 6.45) is 6.50. The summed E-state index contributed by atoms with van der Waals surface area (Å²) in [4.78, 5) is 19.1. The molecule has 0 saturated carbocycles. The molecule has 0 bridgehead atoms. The van der Waals surface area contributed by atoms with Gasteiger partial charge in [-0.15, -0.1) is 10.2 Å². The molecule has 6 heteroatoms. The second kappa shape index (κ2) is 9.72. The van der Waals surface area contributed by atoms with Crippen molar-refractivity contribution >= 4 is 17.5 Å². The number of hydrogen-bond acceptors (Lipinski definition) is 5. The van der Waals surface area contributed by atoms with Crippen LogP contribution >= 0.6 is 0 Å². The molecule has 3 heterocycles. The zero-order valence-electron chi connectivity index (χ0n) is 17.2. The smallest absolute Gasteiger partial charge is 0.223 e. The maximum atomic E-state index is 12.5. The molecule has 1 aromatic heterocycles. The summed E-state index contributed by atoms with van der Waals surface area (Å²) in [5.74, 6) is 2.15. The average Bonchev–Trinajstić information content (AvgIpc) is 3.08. The lowest BCUT2D eigenvalue weighted by Gasteiger charge is -2.35. The molecule has 29 heavy (non-hydrogen) atoms. The SMILES string of the molecule is O=C(CCc1ccccc1)N1CCN(c2ccc(N3CCCCCC3)nn2)CC1. The highest BCUT2D eigenvalue weighted by Crippen LogP contribution is 2.20. The van der Waals surface area contributed by atoms with Crippen molar-refractivity contribution in [1.82, 2.24) is 15.1 Å². The van der Waals surface area contributed by atoms with E-state index in [0.29, 0.717) is 6.42 Å². The van der Waals surface area contributed by atoms with Crippen molar-refractivity contribution in [3.63, 3.8) is 0 Å². The Morgan fingerprint density at radius 1 is 0.724 bits per heavy atom. The topological polar surface area (TPSA) is 52.6 Å². The van der Waals surface area contributed by atoms with Gasteiger partial charge in [0.2, 0.25) is 5.91 Å². The van der Waals surface area contributed by atoms with Crippen molar-refractivity contribution in [3.8, 4) is 0 Å². The van der Waals surface area contributed by atoms with Crippen LogP contribution < -0.4 is 9.80 Å². The summed E-state index contributed by atoms with van der Waals surface area (Å²) in [6.45, 7) is 5.30. The van der Waals surface area contributed by atoms with Gasteiger partial charge in [0.1, 0.15) is 0 Å². The molecule has 154 valence electrons. The highest BCUT2D eigenvalue weighted by molar-refractivity contribution is 5.76. The molecule has 2 fully saturated rings. The third-order valence-corrected chi connectivity index (χ3v) is 5.99. The van der Waals surface area contributed by atoms with E-state index >= 15 is 0 Å². The Labute approximate surface area is 173 Å². The summed E-state index contributed by atoms with van der Waals surface area (Å²) in [5, 5.41) is 8.97. The van der Waals surface area contributed by atoms with Crippen molar-refractivity contribution in [3.05, 3.63) is 48.0 Å². The summed E-state index contributed by atoms with van der Waals surface area (Å²) in [5.41, 5.74) is 1.22. The van der Waals surface area contributed by atoms with E-state index in [1.54, 1.807) is 0 Å². The number of benzene rings is 1. The fraction of sp³-hybridized carbons (Fsp3) is 0.522. The quantitative estimate of drug-likeness (QED) is 0.781. The third kappa shape index (κ3) is 5.25. The summed E-state index contributed by atoms with van der Waals surface area (Å²) in [6, 6.07) is 14.4. The van der Waals surface area contributed by atoms with Crippen molar-refractivity contribution in [1.29, 1.82) is 0 Å². The van der Waals surface area contributed by atoms with E-state index < -0.39 is 0 Å². The number of carbonyl (C=O) groups is 1. The van der Waals surface area contributed by atoms with Crippen molar-refractivity contribution in [2.24, 2.45) is 0 Å². The molecule has 0 radical (unpaired) electrons. The zero-order chi connectivity index (χ0) is 19.9. The number of nitrogens with zero attached hydrogens (tertiary/aromatic N) is 5. The molecule has 0 N–H and O–H groups in total. The van der Waals surface area contributed by atoms with Gasteiger partial charge in [0, 0.05) is 45.7 Å². The highest BCUT2D eigenvalue weighted by Gasteiger charge is 2.22. The van der Waals surface area contributed by atoms with Crippen LogP contribution in [-0.4, -0.2) is 60.3 Å². The van der Waals surface area contributed by atoms with Crippen molar-refractivity contribution in [2.75, 3.05) is 49.1 Å². The molecule has 4 rings (SSSR count). The molecule has 0 aliphatic carbocycles. The summed E-state index contributed by atoms with van der Waals surface area (Å²) in [7, 11) is 0. The van der Waals surface area contributed by atoms with Crippen LogP contribution in [0.3, 0.4) is 0 Å². The molecule has 0 unspecified atom stereocenters. The maximum absolute atomic E-state index is 12.5. The number of carbonyl (C=O) groups excluding carboxylic acids is 1. The van der Waals surface area contributed by atoms with Gasteiger partial charge in [-0.05, 0) is 37.0 Å². The zero-order valence-corrected chi connectivity index (χ0v) is 17.2. The Balaban J connectivity index is 1.26. The van der Waals surface area contributed by atoms with E-state index in [-0.39, 0.29) is 5.91 Å². The molecule has 2 aliphatic heterocycles. The van der Waals surface area contributed by atoms with Crippen LogP contribution in [-0.2, 0) is 11.2 Å². The van der Waals surface area contributed by atoms with Gasteiger partial charge < -0.3 is 14.7 Å². The third-order valence-electron chi connectivity index (χ3n) is 5.99. The minimum Gasteiger partial charge on any atom is -0.355 e. The Bertz CT molecular complexity index is 764. The van der Waals surface area contributed by atoms with Crippen LogP contribution in [0.5, 0.6) is 0 Å². The largest absolute Gasteiger partial charge is 0.355 e. The Morgan fingerprint density at radius 3 is 1.90 bits per heavy atom. The molecule has 2 aliphatic rings. The van der Waals surface area contributed by atoms with E-state index in [4.69, 9.17) is 0 Å². The maximum Gasteiger partial charge on any atom is 0.223 e. The normalized spacial score (nSPS) is 17.9. The van der Waals surface area contributed by atoms with E-state index in [1.165, 1.54) is 31.2 Å². The Kier molecular flexibility index (Phi) is 6.60. The van der Waals surface area contributed by atoms with Gasteiger partial charge in [0.05, 0.1) is 0 Å². The fourth-order valence-corrected chi connectivity index (χ4v) is 4.19. The lowest BCUT2D eigenvalue weighted by atomic mass is 10.1. The number of anilines is 2. The molecular weight excluding hydrogens is 362 g/mol. The second-order valence-electron chi connectivity index (χ2n) is 8.00. The van der Waals surface area contributed by atoms with Gasteiger partial charge in [-0.2, -0.15) is 0 Å². The molecule has 6 nitrogen and oxygen atoms in total. The van der Waals surface area contributed by atoms with Crippen molar-refractivity contribution in [2.45, 2.75) is 38.5 Å². The number of aryl methyl sites for hydroxylation is 1. The van der Waals surface area contributed by atoms with Crippen LogP contribution in [0, 0.1) is 0 Å². The van der Waals surface area contributed by atoms with Crippen LogP contribution in [0.2, 0.25) is 0 Å². The van der Waals surface area contributed by atoms with Crippen molar-refractivity contribution < 1.29 is 4.79 Å². The molecule has 0 atom stereocenters. The summed E-state index contributed by atoms with van der Waals surface area (Å²) >= 11 is 0. The second-order valence-corrected chi connectivity index (χ2v) is 8.00. The molecular formula is C23H31N5O. The molecule has 2 aromatic rings. The first-order chi connectivity index (χ1) is 14.3. The number of hydrogen-bond donors (Lipinski definition) is 0. The van der Waals surface area contributed by atoms with Gasteiger partial charge in [0.25, 0.3) is 0 Å². The fourth-order valence-electron chi connectivity index (χ4n) is 4.19. The predicted molar refractivity (Wildman–Crippen MR) is 116 cm³/mol. The van der Waals surface area contributed by atoms with Crippen LogP contribution in [0.4, 0.5) is 11.6 Å². The van der Waals surface area contributed by atoms with Gasteiger partial charge >= 0.3 is 0 Å². The monoisotopic (exact) mass is 393 g/mol. The predicted octanol–water partition coefficient (Wildman–Crippen LogP) is 3.14. The van der Waals surface area contributed by atoms with Crippen LogP contribution in [0.25, 0.3) is 0 Å². The van der Waals surface area contributed by atoms with Crippen LogP contribution in [0.1, 0.15) is 37.7 Å². The first-order valence-electron chi connectivity index (χ1n) is 10.9. The van der Waals surface area contributed by atoms with E-state index in [2.05, 4.69) is 44.3 Å². The lowest BCUT2D eigenvalue weighted by molar-refractivity contribution is -0.131. The van der Waals surface area contributed by atoms with Gasteiger partial charge in [0.15, 0.2) is 11.6 Å². The minimum atomic E-state index is 0.246. The Morgan fingerprint density at radius 2 is 1.31 bits per heavy atom. The molecule has 1 aromatic carbocycles. The molecule has 0 spiro atoms. The number of piperazine rings is 1. The first kappa shape index (κ1) is 19.7. The molecule has 2 saturated heterocycles.